The van der Waals surface area contributed by atoms with Crippen LogP contribution >= 0.6 is 11.8 Å². The number of nitrogens with zero attached hydrogens (tertiary/aromatic N) is 3. The maximum absolute atomic E-state index is 12.9. The molecule has 0 unspecified atom stereocenters. The van der Waals surface area contributed by atoms with Crippen molar-refractivity contribution in [3.63, 3.8) is 0 Å². The molecule has 2 heterocycles. The number of amides is 1. The number of carbonyl (C=O) groups excluding carboxylic acids is 1. The molecule has 0 spiro atoms. The Labute approximate surface area is 174 Å². The number of nitrogens with one attached hydrogen (secondary N) is 1. The second-order valence-corrected chi connectivity index (χ2v) is 8.04. The van der Waals surface area contributed by atoms with Crippen molar-refractivity contribution in [2.24, 2.45) is 0 Å². The largest absolute Gasteiger partial charge is 0.371 e. The van der Waals surface area contributed by atoms with E-state index in [2.05, 4.69) is 38.6 Å². The van der Waals surface area contributed by atoms with Crippen LogP contribution in [0.15, 0.2) is 57.9 Å². The lowest BCUT2D eigenvalue weighted by Crippen LogP contribution is -2.26. The Morgan fingerprint density at radius 2 is 1.90 bits per heavy atom. The molecule has 0 aliphatic carbocycles. The van der Waals surface area contributed by atoms with E-state index in [1.165, 1.54) is 30.3 Å². The third-order valence-corrected chi connectivity index (χ3v) is 5.99. The van der Waals surface area contributed by atoms with Gasteiger partial charge in [0.05, 0.1) is 11.3 Å². The first kappa shape index (κ1) is 19.5. The van der Waals surface area contributed by atoms with Crippen LogP contribution in [0.5, 0.6) is 0 Å². The van der Waals surface area contributed by atoms with Gasteiger partial charge in [-0.1, -0.05) is 35.5 Å². The Kier molecular flexibility index (Phi) is 6.14. The molecule has 29 heavy (non-hydrogen) atoms. The van der Waals surface area contributed by atoms with Gasteiger partial charge < -0.3 is 14.7 Å². The SMILES string of the molecule is Cc1noc(CSc2ccccc2C(=O)NCc2ccccc2N2CCCC2)n1. The fourth-order valence-corrected chi connectivity index (χ4v) is 4.40. The molecule has 1 saturated heterocycles. The summed E-state index contributed by atoms with van der Waals surface area (Å²) in [5.74, 6) is 1.62. The van der Waals surface area contributed by atoms with Crippen molar-refractivity contribution in [2.45, 2.75) is 37.0 Å². The maximum atomic E-state index is 12.9. The molecular formula is C22H24N4O2S. The quantitative estimate of drug-likeness (QED) is 0.591. The fraction of sp³-hybridized carbons (Fsp3) is 0.318. The molecule has 0 radical (unpaired) electrons. The van der Waals surface area contributed by atoms with Gasteiger partial charge in [0.2, 0.25) is 5.89 Å². The maximum Gasteiger partial charge on any atom is 0.252 e. The highest BCUT2D eigenvalue weighted by molar-refractivity contribution is 7.98. The van der Waals surface area contributed by atoms with E-state index in [1.807, 2.05) is 30.3 Å². The van der Waals surface area contributed by atoms with Crippen LogP contribution in [-0.2, 0) is 12.3 Å². The molecule has 0 atom stereocenters. The number of hydrogen-bond donors (Lipinski definition) is 1. The Bertz CT molecular complexity index is 982. The molecule has 4 rings (SSSR count). The van der Waals surface area contributed by atoms with Crippen molar-refractivity contribution in [3.05, 3.63) is 71.4 Å². The van der Waals surface area contributed by atoms with E-state index in [1.54, 1.807) is 6.92 Å². The topological polar surface area (TPSA) is 71.3 Å². The molecule has 7 heteroatoms. The second kappa shape index (κ2) is 9.13. The van der Waals surface area contributed by atoms with Crippen LogP contribution in [0.3, 0.4) is 0 Å². The number of rotatable bonds is 7. The van der Waals surface area contributed by atoms with Crippen LogP contribution in [0, 0.1) is 6.92 Å². The fourth-order valence-electron chi connectivity index (χ4n) is 3.52. The van der Waals surface area contributed by atoms with Crippen LogP contribution in [0.25, 0.3) is 0 Å². The third kappa shape index (κ3) is 4.79. The van der Waals surface area contributed by atoms with Crippen molar-refractivity contribution in [2.75, 3.05) is 18.0 Å². The molecule has 1 aliphatic heterocycles. The Hall–Kier alpha value is -2.80. The summed E-state index contributed by atoms with van der Waals surface area (Å²) >= 11 is 1.52. The summed E-state index contributed by atoms with van der Waals surface area (Å²) in [7, 11) is 0. The zero-order valence-electron chi connectivity index (χ0n) is 16.4. The highest BCUT2D eigenvalue weighted by atomic mass is 32.2. The van der Waals surface area contributed by atoms with E-state index in [0.717, 1.165) is 23.5 Å². The summed E-state index contributed by atoms with van der Waals surface area (Å²) in [4.78, 5) is 20.4. The van der Waals surface area contributed by atoms with Crippen molar-refractivity contribution < 1.29 is 9.32 Å². The van der Waals surface area contributed by atoms with Crippen molar-refractivity contribution >= 4 is 23.4 Å². The smallest absolute Gasteiger partial charge is 0.252 e. The van der Waals surface area contributed by atoms with E-state index in [4.69, 9.17) is 4.52 Å². The average Bonchev–Trinajstić information content (AvgIpc) is 3.43. The van der Waals surface area contributed by atoms with Gasteiger partial charge >= 0.3 is 0 Å². The summed E-state index contributed by atoms with van der Waals surface area (Å²) in [5.41, 5.74) is 3.03. The van der Waals surface area contributed by atoms with Gasteiger partial charge in [0.1, 0.15) is 0 Å². The van der Waals surface area contributed by atoms with Gasteiger partial charge in [-0.2, -0.15) is 4.98 Å². The van der Waals surface area contributed by atoms with E-state index in [-0.39, 0.29) is 5.91 Å². The van der Waals surface area contributed by atoms with E-state index in [9.17, 15) is 4.79 Å². The number of anilines is 1. The van der Waals surface area contributed by atoms with Crippen LogP contribution < -0.4 is 10.2 Å². The van der Waals surface area contributed by atoms with E-state index in [0.29, 0.717) is 29.6 Å². The highest BCUT2D eigenvalue weighted by Gasteiger charge is 2.17. The van der Waals surface area contributed by atoms with Gasteiger partial charge in [-0.25, -0.2) is 0 Å². The lowest BCUT2D eigenvalue weighted by atomic mass is 10.1. The molecule has 1 amide bonds. The molecule has 150 valence electrons. The minimum absolute atomic E-state index is 0.0777. The van der Waals surface area contributed by atoms with Gasteiger partial charge in [-0.3, -0.25) is 4.79 Å². The lowest BCUT2D eigenvalue weighted by Gasteiger charge is -2.21. The molecule has 0 saturated carbocycles. The number of hydrogen-bond acceptors (Lipinski definition) is 6. The van der Waals surface area contributed by atoms with Gasteiger partial charge in [-0.05, 0) is 43.5 Å². The van der Waals surface area contributed by atoms with Crippen LogP contribution in [0.4, 0.5) is 5.69 Å². The summed E-state index contributed by atoms with van der Waals surface area (Å²) in [6, 6.07) is 15.9. The molecule has 1 aromatic heterocycles. The first-order chi connectivity index (χ1) is 14.2. The summed E-state index contributed by atoms with van der Waals surface area (Å²) in [5, 5.41) is 6.90. The minimum atomic E-state index is -0.0777. The standard InChI is InChI=1S/C22H24N4O2S/c1-16-24-21(28-25-16)15-29-20-11-5-3-9-18(20)22(27)23-14-17-8-2-4-10-19(17)26-12-6-7-13-26/h2-5,8-11H,6-7,12-15H2,1H3,(H,23,27). The van der Waals surface area contributed by atoms with Crippen molar-refractivity contribution in [3.8, 4) is 0 Å². The number of thioether (sulfide) groups is 1. The monoisotopic (exact) mass is 408 g/mol. The molecular weight excluding hydrogens is 384 g/mol. The Morgan fingerprint density at radius 1 is 1.14 bits per heavy atom. The number of para-hydroxylation sites is 1. The van der Waals surface area contributed by atoms with Crippen molar-refractivity contribution in [1.82, 2.24) is 15.5 Å². The second-order valence-electron chi connectivity index (χ2n) is 7.03. The normalized spacial score (nSPS) is 13.6. The van der Waals surface area contributed by atoms with Crippen molar-refractivity contribution in [1.29, 1.82) is 0 Å². The van der Waals surface area contributed by atoms with Gasteiger partial charge in [0.25, 0.3) is 5.91 Å². The number of carbonyl (C=O) groups is 1. The van der Waals surface area contributed by atoms with Crippen LogP contribution in [0.1, 0.15) is 40.5 Å². The molecule has 1 fully saturated rings. The van der Waals surface area contributed by atoms with Gasteiger partial charge in [-0.15, -0.1) is 11.8 Å². The van der Waals surface area contributed by atoms with Gasteiger partial charge in [0, 0.05) is 30.2 Å². The predicted octanol–water partition coefficient (Wildman–Crippen LogP) is 4.20. The van der Waals surface area contributed by atoms with Crippen LogP contribution in [0.2, 0.25) is 0 Å². The zero-order chi connectivity index (χ0) is 20.1. The van der Waals surface area contributed by atoms with Gasteiger partial charge in [0.15, 0.2) is 5.82 Å². The molecule has 6 nitrogen and oxygen atoms in total. The van der Waals surface area contributed by atoms with Crippen LogP contribution in [-0.4, -0.2) is 29.1 Å². The first-order valence-corrected chi connectivity index (χ1v) is 10.8. The van der Waals surface area contributed by atoms with E-state index < -0.39 is 0 Å². The summed E-state index contributed by atoms with van der Waals surface area (Å²) < 4.78 is 5.17. The number of aryl methyl sites for hydroxylation is 1. The summed E-state index contributed by atoms with van der Waals surface area (Å²) in [6.07, 6.45) is 2.45. The molecule has 3 aromatic rings. The summed E-state index contributed by atoms with van der Waals surface area (Å²) in [6.45, 7) is 4.46. The average molecular weight is 409 g/mol. The minimum Gasteiger partial charge on any atom is -0.371 e. The number of benzene rings is 2. The molecule has 0 bridgehead atoms. The lowest BCUT2D eigenvalue weighted by molar-refractivity contribution is 0.0948. The third-order valence-electron chi connectivity index (χ3n) is 4.93. The van der Waals surface area contributed by atoms with E-state index >= 15 is 0 Å². The zero-order valence-corrected chi connectivity index (χ0v) is 17.2. The Morgan fingerprint density at radius 3 is 2.69 bits per heavy atom. The first-order valence-electron chi connectivity index (χ1n) is 9.83. The Balaban J connectivity index is 1.43. The molecule has 2 aromatic carbocycles. The molecule has 1 aliphatic rings. The molecule has 1 N–H and O–H groups in total. The number of aromatic nitrogens is 2. The predicted molar refractivity (Wildman–Crippen MR) is 114 cm³/mol. The highest BCUT2D eigenvalue weighted by Crippen LogP contribution is 2.27.